The highest BCUT2D eigenvalue weighted by molar-refractivity contribution is 14.0. The average molecular weight is 568 g/mol. The van der Waals surface area contributed by atoms with Gasteiger partial charge in [0.1, 0.15) is 5.82 Å². The van der Waals surface area contributed by atoms with E-state index < -0.39 is 0 Å². The number of piperidine rings is 1. The zero-order chi connectivity index (χ0) is 22.9. The van der Waals surface area contributed by atoms with Crippen LogP contribution in [-0.4, -0.2) is 55.5 Å². The molecule has 1 aliphatic heterocycles. The van der Waals surface area contributed by atoms with Gasteiger partial charge in [0.2, 0.25) is 0 Å². The summed E-state index contributed by atoms with van der Waals surface area (Å²) in [4.78, 5) is 9.27. The highest BCUT2D eigenvalue weighted by Gasteiger charge is 2.20. The SMILES string of the molecule is CCNC(=NCc1ccc(F)c(CN(C)C)c1)NC1CCN(Cc2cccc(C)c2)CC1.I. The van der Waals surface area contributed by atoms with Gasteiger partial charge in [0.25, 0.3) is 0 Å². The first-order chi connectivity index (χ1) is 15.4. The second kappa shape index (κ2) is 13.9. The summed E-state index contributed by atoms with van der Waals surface area (Å²) in [6.07, 6.45) is 2.19. The summed E-state index contributed by atoms with van der Waals surface area (Å²) >= 11 is 0. The van der Waals surface area contributed by atoms with E-state index in [9.17, 15) is 4.39 Å². The van der Waals surface area contributed by atoms with E-state index in [1.54, 1.807) is 6.07 Å². The molecule has 2 aromatic rings. The Hall–Kier alpha value is -1.71. The fourth-order valence-corrected chi connectivity index (χ4v) is 4.18. The lowest BCUT2D eigenvalue weighted by Gasteiger charge is -2.33. The topological polar surface area (TPSA) is 42.9 Å². The molecule has 2 N–H and O–H groups in total. The smallest absolute Gasteiger partial charge is 0.191 e. The second-order valence-corrected chi connectivity index (χ2v) is 9.04. The maximum absolute atomic E-state index is 14.1. The van der Waals surface area contributed by atoms with E-state index >= 15 is 0 Å². The molecule has 0 amide bonds. The quantitative estimate of drug-likeness (QED) is 0.280. The number of rotatable bonds is 8. The molecule has 0 radical (unpaired) electrons. The van der Waals surface area contributed by atoms with Crippen LogP contribution in [0.1, 0.15) is 42.0 Å². The number of hydrogen-bond donors (Lipinski definition) is 2. The Morgan fingerprint density at radius 1 is 1.12 bits per heavy atom. The molecule has 2 aromatic carbocycles. The van der Waals surface area contributed by atoms with Crippen LogP contribution in [0, 0.1) is 12.7 Å². The van der Waals surface area contributed by atoms with Gasteiger partial charge in [0.15, 0.2) is 5.96 Å². The lowest BCUT2D eigenvalue weighted by Crippen LogP contribution is -2.48. The first kappa shape index (κ1) is 27.5. The largest absolute Gasteiger partial charge is 0.357 e. The minimum Gasteiger partial charge on any atom is -0.357 e. The predicted molar refractivity (Wildman–Crippen MR) is 147 cm³/mol. The van der Waals surface area contributed by atoms with Gasteiger partial charge in [-0.2, -0.15) is 0 Å². The number of guanidine groups is 1. The summed E-state index contributed by atoms with van der Waals surface area (Å²) in [5.74, 6) is 0.678. The lowest BCUT2D eigenvalue weighted by atomic mass is 10.0. The lowest BCUT2D eigenvalue weighted by molar-refractivity contribution is 0.198. The number of halogens is 2. The van der Waals surface area contributed by atoms with Crippen molar-refractivity contribution in [2.45, 2.75) is 52.4 Å². The number of aliphatic imine (C=N–C) groups is 1. The van der Waals surface area contributed by atoms with E-state index in [0.717, 1.165) is 50.5 Å². The maximum Gasteiger partial charge on any atom is 0.191 e. The minimum absolute atomic E-state index is 0. The van der Waals surface area contributed by atoms with Crippen molar-refractivity contribution in [3.8, 4) is 0 Å². The zero-order valence-corrected chi connectivity index (χ0v) is 22.7. The number of likely N-dealkylation sites (tertiary alicyclic amines) is 1. The van der Waals surface area contributed by atoms with Crippen molar-refractivity contribution < 1.29 is 4.39 Å². The highest BCUT2D eigenvalue weighted by Crippen LogP contribution is 2.16. The molecule has 0 aliphatic carbocycles. The first-order valence-electron chi connectivity index (χ1n) is 11.7. The predicted octanol–water partition coefficient (Wildman–Crippen LogP) is 4.53. The van der Waals surface area contributed by atoms with Crippen molar-refractivity contribution in [1.82, 2.24) is 20.4 Å². The number of nitrogens with one attached hydrogen (secondary N) is 2. The van der Waals surface area contributed by atoms with Crippen LogP contribution in [0.4, 0.5) is 4.39 Å². The average Bonchev–Trinajstić information content (AvgIpc) is 2.75. The molecule has 1 saturated heterocycles. The summed E-state index contributed by atoms with van der Waals surface area (Å²) in [5, 5.41) is 6.97. The van der Waals surface area contributed by atoms with Crippen molar-refractivity contribution in [3.05, 3.63) is 70.5 Å². The van der Waals surface area contributed by atoms with E-state index in [4.69, 9.17) is 4.99 Å². The second-order valence-electron chi connectivity index (χ2n) is 9.04. The van der Waals surface area contributed by atoms with Crippen LogP contribution in [0.2, 0.25) is 0 Å². The van der Waals surface area contributed by atoms with Crippen molar-refractivity contribution in [1.29, 1.82) is 0 Å². The molecule has 0 bridgehead atoms. The van der Waals surface area contributed by atoms with E-state index in [0.29, 0.717) is 24.7 Å². The van der Waals surface area contributed by atoms with Gasteiger partial charge >= 0.3 is 0 Å². The van der Waals surface area contributed by atoms with Gasteiger partial charge < -0.3 is 15.5 Å². The molecular formula is C26H39FIN5. The van der Waals surface area contributed by atoms with Crippen molar-refractivity contribution in [2.75, 3.05) is 33.7 Å². The van der Waals surface area contributed by atoms with Gasteiger partial charge in [-0.15, -0.1) is 24.0 Å². The van der Waals surface area contributed by atoms with Gasteiger partial charge in [-0.25, -0.2) is 9.38 Å². The van der Waals surface area contributed by atoms with E-state index in [1.165, 1.54) is 11.1 Å². The summed E-state index contributed by atoms with van der Waals surface area (Å²) < 4.78 is 14.1. The molecule has 1 heterocycles. The molecular weight excluding hydrogens is 528 g/mol. The van der Waals surface area contributed by atoms with Crippen LogP contribution in [0.15, 0.2) is 47.5 Å². The molecule has 0 spiro atoms. The summed E-state index contributed by atoms with van der Waals surface area (Å²) in [6, 6.07) is 14.5. The maximum atomic E-state index is 14.1. The summed E-state index contributed by atoms with van der Waals surface area (Å²) in [6.45, 7) is 9.33. The number of benzene rings is 2. The van der Waals surface area contributed by atoms with E-state index in [1.807, 2.05) is 31.1 Å². The van der Waals surface area contributed by atoms with Crippen molar-refractivity contribution in [3.63, 3.8) is 0 Å². The Bertz CT molecular complexity index is 894. The van der Waals surface area contributed by atoms with Gasteiger partial charge in [-0.3, -0.25) is 4.90 Å². The fourth-order valence-electron chi connectivity index (χ4n) is 4.18. The van der Waals surface area contributed by atoms with Crippen LogP contribution in [0.5, 0.6) is 0 Å². The van der Waals surface area contributed by atoms with Crippen LogP contribution >= 0.6 is 24.0 Å². The third kappa shape index (κ3) is 9.22. The number of nitrogens with zero attached hydrogens (tertiary/aromatic N) is 3. The monoisotopic (exact) mass is 567 g/mol. The molecule has 0 saturated carbocycles. The highest BCUT2D eigenvalue weighted by atomic mass is 127. The van der Waals surface area contributed by atoms with Crippen LogP contribution in [0.3, 0.4) is 0 Å². The molecule has 0 aromatic heterocycles. The van der Waals surface area contributed by atoms with Gasteiger partial charge in [0, 0.05) is 44.3 Å². The Kier molecular flexibility index (Phi) is 11.6. The molecule has 5 nitrogen and oxygen atoms in total. The van der Waals surface area contributed by atoms with Gasteiger partial charge in [0.05, 0.1) is 6.54 Å². The molecule has 7 heteroatoms. The molecule has 0 unspecified atom stereocenters. The Morgan fingerprint density at radius 2 is 1.88 bits per heavy atom. The molecule has 33 heavy (non-hydrogen) atoms. The van der Waals surface area contributed by atoms with E-state index in [-0.39, 0.29) is 29.8 Å². The molecule has 3 rings (SSSR count). The third-order valence-corrected chi connectivity index (χ3v) is 5.78. The Morgan fingerprint density at radius 3 is 2.55 bits per heavy atom. The summed E-state index contributed by atoms with van der Waals surface area (Å²) in [5.41, 5.74) is 4.44. The zero-order valence-electron chi connectivity index (χ0n) is 20.4. The van der Waals surface area contributed by atoms with E-state index in [2.05, 4.69) is 53.6 Å². The number of hydrogen-bond acceptors (Lipinski definition) is 3. The number of aryl methyl sites for hydroxylation is 1. The molecule has 182 valence electrons. The molecule has 1 aliphatic rings. The Labute approximate surface area is 215 Å². The summed E-state index contributed by atoms with van der Waals surface area (Å²) in [7, 11) is 3.90. The van der Waals surface area contributed by atoms with Crippen LogP contribution in [-0.2, 0) is 19.6 Å². The van der Waals surface area contributed by atoms with Crippen LogP contribution < -0.4 is 10.6 Å². The third-order valence-electron chi connectivity index (χ3n) is 5.78. The van der Waals surface area contributed by atoms with Gasteiger partial charge in [-0.05, 0) is 64.0 Å². The Balaban J connectivity index is 0.00000385. The standard InChI is InChI=1S/C26H38FN5.HI/c1-5-28-26(29-17-21-9-10-25(27)23(16-21)19-31(3)4)30-24-11-13-32(14-12-24)18-22-8-6-7-20(2)15-22;/h6-10,15-16,24H,5,11-14,17-19H2,1-4H3,(H2,28,29,30);1H. The normalized spacial score (nSPS) is 15.4. The van der Waals surface area contributed by atoms with Gasteiger partial charge in [-0.1, -0.05) is 35.9 Å². The molecule has 0 atom stereocenters. The molecule has 1 fully saturated rings. The van der Waals surface area contributed by atoms with Crippen LogP contribution in [0.25, 0.3) is 0 Å². The minimum atomic E-state index is -0.158. The first-order valence-corrected chi connectivity index (χ1v) is 11.7. The fraction of sp³-hybridized carbons (Fsp3) is 0.500. The van der Waals surface area contributed by atoms with Crippen molar-refractivity contribution >= 4 is 29.9 Å². The van der Waals surface area contributed by atoms with Crippen molar-refractivity contribution in [2.24, 2.45) is 4.99 Å².